The highest BCUT2D eigenvalue weighted by molar-refractivity contribution is 5.40. The first kappa shape index (κ1) is 25.0. The van der Waals surface area contributed by atoms with Crippen molar-refractivity contribution in [2.45, 2.75) is 44.3 Å². The van der Waals surface area contributed by atoms with Gasteiger partial charge in [0.2, 0.25) is 5.82 Å². The minimum Gasteiger partial charge on any atom is -0.493 e. The summed E-state index contributed by atoms with van der Waals surface area (Å²) in [5.74, 6) is -6.46. The average Bonchev–Trinajstić information content (AvgIpc) is 2.71. The number of methoxy groups -OCH3 is 1. The van der Waals surface area contributed by atoms with E-state index in [0.717, 1.165) is 31.7 Å². The Morgan fingerprint density at radius 1 is 1.03 bits per heavy atom. The van der Waals surface area contributed by atoms with Crippen LogP contribution in [0.2, 0.25) is 0 Å². The van der Waals surface area contributed by atoms with Crippen molar-refractivity contribution in [2.24, 2.45) is 5.92 Å². The molecule has 0 aliphatic carbocycles. The Bertz CT molecular complexity index is 855. The van der Waals surface area contributed by atoms with Gasteiger partial charge in [0.1, 0.15) is 0 Å². The monoisotopic (exact) mass is 448 g/mol. The van der Waals surface area contributed by atoms with Gasteiger partial charge in [-0.25, -0.2) is 4.39 Å². The predicted molar refractivity (Wildman–Crippen MR) is 104 cm³/mol. The fourth-order valence-corrected chi connectivity index (χ4v) is 3.41. The standard InChI is InChI=1S/C22H25F5O4/c1-13(21(2,29)22(25,26)27)18(15-9-10-16(23)19(24)20(15)30-3)17(28)12-31-11-14-7-5-4-6-8-14/h4-10,13,17-18,28-29H,11-12H2,1-3H3/t13-,17+,18-,21-/m0/s1. The quantitative estimate of drug-likeness (QED) is 0.552. The number of aliphatic hydroxyl groups is 2. The molecule has 2 N–H and O–H groups in total. The molecule has 0 aliphatic heterocycles. The van der Waals surface area contributed by atoms with Gasteiger partial charge >= 0.3 is 6.18 Å². The number of ether oxygens (including phenoxy) is 2. The van der Waals surface area contributed by atoms with Gasteiger partial charge in [0.15, 0.2) is 17.2 Å². The summed E-state index contributed by atoms with van der Waals surface area (Å²) in [5.41, 5.74) is -2.69. The van der Waals surface area contributed by atoms with Crippen LogP contribution in [0.15, 0.2) is 42.5 Å². The highest BCUT2D eigenvalue weighted by Crippen LogP contribution is 2.46. The molecule has 0 saturated heterocycles. The van der Waals surface area contributed by atoms with Crippen molar-refractivity contribution in [2.75, 3.05) is 13.7 Å². The molecule has 2 aromatic rings. The van der Waals surface area contributed by atoms with Crippen LogP contribution in [0.5, 0.6) is 5.75 Å². The second-order valence-corrected chi connectivity index (χ2v) is 7.51. The van der Waals surface area contributed by atoms with E-state index in [-0.39, 0.29) is 12.2 Å². The molecule has 0 heterocycles. The van der Waals surface area contributed by atoms with Gasteiger partial charge in [-0.05, 0) is 18.6 Å². The van der Waals surface area contributed by atoms with Crippen LogP contribution in [-0.4, -0.2) is 41.8 Å². The van der Waals surface area contributed by atoms with E-state index in [1.807, 2.05) is 0 Å². The van der Waals surface area contributed by atoms with E-state index in [2.05, 4.69) is 0 Å². The molecule has 2 aromatic carbocycles. The summed E-state index contributed by atoms with van der Waals surface area (Å²) >= 11 is 0. The number of hydrogen-bond donors (Lipinski definition) is 2. The Kier molecular flexibility index (Phi) is 8.02. The first-order chi connectivity index (χ1) is 14.4. The number of halogens is 5. The summed E-state index contributed by atoms with van der Waals surface area (Å²) in [7, 11) is 1.03. The predicted octanol–water partition coefficient (Wildman–Crippen LogP) is 4.58. The molecule has 9 heteroatoms. The smallest absolute Gasteiger partial charge is 0.417 e. The Balaban J connectivity index is 2.39. The molecular weight excluding hydrogens is 423 g/mol. The number of rotatable bonds is 9. The lowest BCUT2D eigenvalue weighted by molar-refractivity contribution is -0.275. The van der Waals surface area contributed by atoms with E-state index < -0.39 is 53.7 Å². The van der Waals surface area contributed by atoms with Crippen LogP contribution in [0.4, 0.5) is 22.0 Å². The molecule has 0 fully saturated rings. The Morgan fingerprint density at radius 3 is 2.19 bits per heavy atom. The fraction of sp³-hybridized carbons (Fsp3) is 0.455. The Hall–Kier alpha value is -2.23. The van der Waals surface area contributed by atoms with Crippen LogP contribution in [0, 0.1) is 17.6 Å². The first-order valence-corrected chi connectivity index (χ1v) is 9.52. The normalized spacial score (nSPS) is 17.0. The van der Waals surface area contributed by atoms with Crippen molar-refractivity contribution in [1.82, 2.24) is 0 Å². The molecule has 0 unspecified atom stereocenters. The average molecular weight is 448 g/mol. The van der Waals surface area contributed by atoms with Crippen molar-refractivity contribution < 1.29 is 41.6 Å². The number of alkyl halides is 3. The minimum absolute atomic E-state index is 0.0730. The molecule has 2 rings (SSSR count). The number of benzene rings is 2. The minimum atomic E-state index is -5.04. The molecule has 4 atom stereocenters. The first-order valence-electron chi connectivity index (χ1n) is 9.52. The van der Waals surface area contributed by atoms with Crippen molar-refractivity contribution >= 4 is 0 Å². The molecule has 0 amide bonds. The lowest BCUT2D eigenvalue weighted by Gasteiger charge is -2.39. The Morgan fingerprint density at radius 2 is 1.65 bits per heavy atom. The van der Waals surface area contributed by atoms with Gasteiger partial charge in [0.05, 0.1) is 26.4 Å². The second kappa shape index (κ2) is 9.93. The zero-order chi connectivity index (χ0) is 23.4. The lowest BCUT2D eigenvalue weighted by atomic mass is 9.73. The van der Waals surface area contributed by atoms with Gasteiger partial charge in [0, 0.05) is 17.4 Å². The molecule has 31 heavy (non-hydrogen) atoms. The van der Waals surface area contributed by atoms with E-state index in [4.69, 9.17) is 9.47 Å². The summed E-state index contributed by atoms with van der Waals surface area (Å²) in [4.78, 5) is 0. The van der Waals surface area contributed by atoms with Crippen LogP contribution in [0.1, 0.15) is 30.9 Å². The molecular formula is C22H25F5O4. The zero-order valence-corrected chi connectivity index (χ0v) is 17.3. The van der Waals surface area contributed by atoms with Gasteiger partial charge in [0.25, 0.3) is 0 Å². The summed E-state index contributed by atoms with van der Waals surface area (Å²) in [6.07, 6.45) is -6.63. The fourth-order valence-electron chi connectivity index (χ4n) is 3.41. The van der Waals surface area contributed by atoms with Crippen LogP contribution in [-0.2, 0) is 11.3 Å². The lowest BCUT2D eigenvalue weighted by Crippen LogP contribution is -2.51. The van der Waals surface area contributed by atoms with Gasteiger partial charge in [-0.15, -0.1) is 0 Å². The summed E-state index contributed by atoms with van der Waals surface area (Å²) < 4.78 is 78.7. The van der Waals surface area contributed by atoms with Crippen LogP contribution in [0.25, 0.3) is 0 Å². The summed E-state index contributed by atoms with van der Waals surface area (Å²) in [6.45, 7) is 1.29. The number of aliphatic hydroxyl groups excluding tert-OH is 1. The topological polar surface area (TPSA) is 58.9 Å². The van der Waals surface area contributed by atoms with Crippen LogP contribution in [0.3, 0.4) is 0 Å². The summed E-state index contributed by atoms with van der Waals surface area (Å²) in [5, 5.41) is 21.0. The van der Waals surface area contributed by atoms with Gasteiger partial charge < -0.3 is 19.7 Å². The van der Waals surface area contributed by atoms with Crippen molar-refractivity contribution in [3.05, 3.63) is 65.2 Å². The maximum Gasteiger partial charge on any atom is 0.417 e. The molecule has 0 saturated carbocycles. The molecule has 0 aromatic heterocycles. The van der Waals surface area contributed by atoms with Crippen LogP contribution >= 0.6 is 0 Å². The van der Waals surface area contributed by atoms with Crippen LogP contribution < -0.4 is 4.74 Å². The van der Waals surface area contributed by atoms with E-state index in [1.165, 1.54) is 0 Å². The van der Waals surface area contributed by atoms with Gasteiger partial charge in [-0.3, -0.25) is 0 Å². The van der Waals surface area contributed by atoms with Crippen molar-refractivity contribution in [1.29, 1.82) is 0 Å². The third-order valence-electron chi connectivity index (χ3n) is 5.46. The molecule has 0 aliphatic rings. The highest BCUT2D eigenvalue weighted by atomic mass is 19.4. The van der Waals surface area contributed by atoms with E-state index in [0.29, 0.717) is 6.92 Å². The van der Waals surface area contributed by atoms with E-state index >= 15 is 0 Å². The molecule has 4 nitrogen and oxygen atoms in total. The molecule has 0 bridgehead atoms. The molecule has 0 spiro atoms. The van der Waals surface area contributed by atoms with Gasteiger partial charge in [-0.2, -0.15) is 17.6 Å². The largest absolute Gasteiger partial charge is 0.493 e. The molecule has 172 valence electrons. The summed E-state index contributed by atoms with van der Waals surface area (Å²) in [6, 6.07) is 10.6. The Labute approximate surface area is 177 Å². The number of hydrogen-bond acceptors (Lipinski definition) is 4. The van der Waals surface area contributed by atoms with E-state index in [9.17, 15) is 32.2 Å². The third kappa shape index (κ3) is 5.53. The maximum atomic E-state index is 14.3. The van der Waals surface area contributed by atoms with Gasteiger partial charge in [-0.1, -0.05) is 43.3 Å². The SMILES string of the molecule is COc1c([C@@H]([C@H](O)COCc2ccccc2)[C@H](C)[C@](C)(O)C(F)(F)F)ccc(F)c1F. The van der Waals surface area contributed by atoms with E-state index in [1.54, 1.807) is 30.3 Å². The van der Waals surface area contributed by atoms with Crippen molar-refractivity contribution in [3.63, 3.8) is 0 Å². The zero-order valence-electron chi connectivity index (χ0n) is 17.3. The van der Waals surface area contributed by atoms with Crippen molar-refractivity contribution in [3.8, 4) is 5.75 Å². The second-order valence-electron chi connectivity index (χ2n) is 7.51. The highest BCUT2D eigenvalue weighted by Gasteiger charge is 2.56. The molecule has 0 radical (unpaired) electrons. The third-order valence-corrected chi connectivity index (χ3v) is 5.46. The maximum absolute atomic E-state index is 14.3.